The average molecular weight is 360 g/mol. The van der Waals surface area contributed by atoms with E-state index >= 15 is 0 Å². The first kappa shape index (κ1) is 19.6. The van der Waals surface area contributed by atoms with Gasteiger partial charge in [-0.05, 0) is 49.8 Å². The average Bonchev–Trinajstić information content (AvgIpc) is 3.12. The molecule has 1 fully saturated rings. The van der Waals surface area contributed by atoms with Crippen LogP contribution in [0.15, 0.2) is 18.2 Å². The first-order valence-electron chi connectivity index (χ1n) is 8.71. The molecule has 1 aromatic rings. The Morgan fingerprint density at radius 1 is 1.31 bits per heavy atom. The highest BCUT2D eigenvalue weighted by Crippen LogP contribution is 2.32. The van der Waals surface area contributed by atoms with Crippen molar-refractivity contribution in [2.24, 2.45) is 0 Å². The zero-order chi connectivity index (χ0) is 18.9. The van der Waals surface area contributed by atoms with Crippen LogP contribution in [-0.4, -0.2) is 37.7 Å². The summed E-state index contributed by atoms with van der Waals surface area (Å²) in [5.41, 5.74) is 0.972. The number of carbonyl (C=O) groups is 2. The smallest absolute Gasteiger partial charge is 0.304 e. The lowest BCUT2D eigenvalue weighted by Crippen LogP contribution is -2.37. The molecule has 0 spiro atoms. The second-order valence-corrected chi connectivity index (χ2v) is 6.17. The molecule has 0 radical (unpaired) electrons. The third kappa shape index (κ3) is 5.66. The number of methoxy groups -OCH3 is 1. The summed E-state index contributed by atoms with van der Waals surface area (Å²) in [4.78, 5) is 22.7. The van der Waals surface area contributed by atoms with Crippen LogP contribution in [0.3, 0.4) is 0 Å². The van der Waals surface area contributed by atoms with Crippen LogP contribution >= 0.6 is 0 Å². The van der Waals surface area contributed by atoms with Crippen LogP contribution in [-0.2, 0) is 20.7 Å². The number of ether oxygens (including phenoxy) is 3. The highest BCUT2D eigenvalue weighted by molar-refractivity contribution is 5.85. The number of esters is 1. The summed E-state index contributed by atoms with van der Waals surface area (Å²) in [5.74, 6) is 0.0938. The molecular formula is C19H24N2O5. The van der Waals surface area contributed by atoms with Gasteiger partial charge < -0.3 is 19.5 Å². The van der Waals surface area contributed by atoms with Crippen LogP contribution in [0, 0.1) is 11.3 Å². The summed E-state index contributed by atoms with van der Waals surface area (Å²) >= 11 is 0. The molecule has 140 valence electrons. The van der Waals surface area contributed by atoms with Crippen molar-refractivity contribution in [2.75, 3.05) is 13.7 Å². The maximum absolute atomic E-state index is 11.8. The van der Waals surface area contributed by atoms with E-state index in [1.165, 1.54) is 12.8 Å². The zero-order valence-electron chi connectivity index (χ0n) is 15.1. The number of nitrogens with one attached hydrogen (secondary N) is 1. The normalized spacial score (nSPS) is 15.0. The van der Waals surface area contributed by atoms with E-state index in [-0.39, 0.29) is 6.10 Å². The van der Waals surface area contributed by atoms with Crippen molar-refractivity contribution < 1.29 is 23.8 Å². The predicted octanol–water partition coefficient (Wildman–Crippen LogP) is 2.13. The molecule has 1 amide bonds. The predicted molar refractivity (Wildman–Crippen MR) is 93.8 cm³/mol. The Morgan fingerprint density at radius 3 is 2.65 bits per heavy atom. The molecule has 1 aliphatic rings. The first-order chi connectivity index (χ1) is 12.5. The Hall–Kier alpha value is -2.75. The van der Waals surface area contributed by atoms with E-state index in [0.717, 1.165) is 25.3 Å². The fourth-order valence-corrected chi connectivity index (χ4v) is 2.88. The van der Waals surface area contributed by atoms with E-state index in [4.69, 9.17) is 14.7 Å². The standard InChI is InChI=1S/C19H24N2O5/c1-13(22)25-18(12-20)19(23)21-10-9-14-7-8-16(24-2)17(11-14)26-15-5-3-4-6-15/h7-8,11,15,18H,3-6,9-10H2,1-2H3,(H,21,23). The molecule has 1 N–H and O–H groups in total. The lowest BCUT2D eigenvalue weighted by molar-refractivity contribution is -0.150. The first-order valence-corrected chi connectivity index (χ1v) is 8.71. The van der Waals surface area contributed by atoms with Gasteiger partial charge in [0.05, 0.1) is 13.2 Å². The van der Waals surface area contributed by atoms with Crippen molar-refractivity contribution in [1.82, 2.24) is 5.32 Å². The Kier molecular flexibility index (Phi) is 7.27. The third-order valence-corrected chi connectivity index (χ3v) is 4.18. The SMILES string of the molecule is COc1ccc(CCNC(=O)C(C#N)OC(C)=O)cc1OC1CCCC1. The van der Waals surface area contributed by atoms with Crippen molar-refractivity contribution in [1.29, 1.82) is 5.26 Å². The zero-order valence-corrected chi connectivity index (χ0v) is 15.1. The van der Waals surface area contributed by atoms with Gasteiger partial charge in [0.1, 0.15) is 6.07 Å². The highest BCUT2D eigenvalue weighted by Gasteiger charge is 2.21. The number of benzene rings is 1. The molecule has 1 atom stereocenters. The largest absolute Gasteiger partial charge is 0.493 e. The molecular weight excluding hydrogens is 336 g/mol. The lowest BCUT2D eigenvalue weighted by atomic mass is 10.1. The van der Waals surface area contributed by atoms with Crippen molar-refractivity contribution >= 4 is 11.9 Å². The molecule has 0 heterocycles. The molecule has 1 unspecified atom stereocenters. The summed E-state index contributed by atoms with van der Waals surface area (Å²) in [6.45, 7) is 1.47. The molecule has 0 saturated heterocycles. The molecule has 7 heteroatoms. The monoisotopic (exact) mass is 360 g/mol. The maximum Gasteiger partial charge on any atom is 0.304 e. The minimum atomic E-state index is -1.43. The summed E-state index contributed by atoms with van der Waals surface area (Å²) < 4.78 is 16.0. The van der Waals surface area contributed by atoms with Gasteiger partial charge in [-0.15, -0.1) is 0 Å². The van der Waals surface area contributed by atoms with E-state index in [1.807, 2.05) is 18.2 Å². The molecule has 2 rings (SSSR count). The third-order valence-electron chi connectivity index (χ3n) is 4.18. The Balaban J connectivity index is 1.91. The molecule has 0 aromatic heterocycles. The summed E-state index contributed by atoms with van der Waals surface area (Å²) in [6, 6.07) is 7.32. The van der Waals surface area contributed by atoms with E-state index < -0.39 is 18.0 Å². The molecule has 26 heavy (non-hydrogen) atoms. The lowest BCUT2D eigenvalue weighted by Gasteiger charge is -2.17. The Labute approximate surface area is 153 Å². The van der Waals surface area contributed by atoms with E-state index in [9.17, 15) is 9.59 Å². The fourth-order valence-electron chi connectivity index (χ4n) is 2.88. The van der Waals surface area contributed by atoms with Gasteiger partial charge in [0.25, 0.3) is 12.0 Å². The number of amides is 1. The van der Waals surface area contributed by atoms with E-state index in [0.29, 0.717) is 24.5 Å². The quantitative estimate of drug-likeness (QED) is 0.713. The number of rotatable bonds is 8. The summed E-state index contributed by atoms with van der Waals surface area (Å²) in [7, 11) is 1.60. The number of hydrogen-bond donors (Lipinski definition) is 1. The van der Waals surface area contributed by atoms with Gasteiger partial charge >= 0.3 is 5.97 Å². The van der Waals surface area contributed by atoms with Gasteiger partial charge in [-0.1, -0.05) is 6.07 Å². The highest BCUT2D eigenvalue weighted by atomic mass is 16.5. The van der Waals surface area contributed by atoms with Gasteiger partial charge in [0.15, 0.2) is 11.5 Å². The number of nitrogens with zero attached hydrogens (tertiary/aromatic N) is 1. The van der Waals surface area contributed by atoms with Gasteiger partial charge in [0.2, 0.25) is 0 Å². The van der Waals surface area contributed by atoms with Crippen molar-refractivity contribution in [3.05, 3.63) is 23.8 Å². The molecule has 1 saturated carbocycles. The van der Waals surface area contributed by atoms with Crippen LogP contribution in [0.25, 0.3) is 0 Å². The molecule has 7 nitrogen and oxygen atoms in total. The van der Waals surface area contributed by atoms with Crippen LogP contribution in [0.2, 0.25) is 0 Å². The number of hydrogen-bond acceptors (Lipinski definition) is 6. The van der Waals surface area contributed by atoms with Gasteiger partial charge in [-0.25, -0.2) is 0 Å². The summed E-state index contributed by atoms with van der Waals surface area (Å²) in [6.07, 6.45) is 3.81. The molecule has 0 aliphatic heterocycles. The molecule has 1 aromatic carbocycles. The van der Waals surface area contributed by atoms with Crippen LogP contribution in [0.1, 0.15) is 38.2 Å². The van der Waals surface area contributed by atoms with E-state index in [1.54, 1.807) is 13.2 Å². The van der Waals surface area contributed by atoms with Crippen LogP contribution < -0.4 is 14.8 Å². The van der Waals surface area contributed by atoms with Crippen molar-refractivity contribution in [2.45, 2.75) is 51.2 Å². The van der Waals surface area contributed by atoms with E-state index in [2.05, 4.69) is 10.1 Å². The molecule has 0 bridgehead atoms. The van der Waals surface area contributed by atoms with Crippen LogP contribution in [0.4, 0.5) is 0 Å². The Bertz CT molecular complexity index is 677. The maximum atomic E-state index is 11.8. The second kappa shape index (κ2) is 9.66. The minimum Gasteiger partial charge on any atom is -0.493 e. The number of carbonyl (C=O) groups excluding carboxylic acids is 2. The summed E-state index contributed by atoms with van der Waals surface area (Å²) in [5, 5.41) is 11.5. The van der Waals surface area contributed by atoms with Gasteiger partial charge in [-0.2, -0.15) is 5.26 Å². The van der Waals surface area contributed by atoms with Crippen LogP contribution in [0.5, 0.6) is 11.5 Å². The van der Waals surface area contributed by atoms with Gasteiger partial charge in [0, 0.05) is 13.5 Å². The van der Waals surface area contributed by atoms with Gasteiger partial charge in [-0.3, -0.25) is 9.59 Å². The van der Waals surface area contributed by atoms with Crippen molar-refractivity contribution in [3.63, 3.8) is 0 Å². The Morgan fingerprint density at radius 2 is 2.04 bits per heavy atom. The topological polar surface area (TPSA) is 97.6 Å². The minimum absolute atomic E-state index is 0.221. The fraction of sp³-hybridized carbons (Fsp3) is 0.526. The number of nitriles is 1. The molecule has 1 aliphatic carbocycles. The van der Waals surface area contributed by atoms with Crippen molar-refractivity contribution in [3.8, 4) is 17.6 Å². The second-order valence-electron chi connectivity index (χ2n) is 6.17.